The van der Waals surface area contributed by atoms with Crippen molar-refractivity contribution in [3.8, 4) is 0 Å². The van der Waals surface area contributed by atoms with Gasteiger partial charge in [-0.25, -0.2) is 0 Å². The minimum absolute atomic E-state index is 0.0311. The van der Waals surface area contributed by atoms with Gasteiger partial charge in [0, 0.05) is 46.2 Å². The van der Waals surface area contributed by atoms with Crippen LogP contribution in [0.5, 0.6) is 0 Å². The number of para-hydroxylation sites is 2. The molecule has 4 nitrogen and oxygen atoms in total. The van der Waals surface area contributed by atoms with E-state index >= 15 is 0 Å². The summed E-state index contributed by atoms with van der Waals surface area (Å²) in [4.78, 5) is 16.3. The van der Waals surface area contributed by atoms with Crippen molar-refractivity contribution in [1.29, 1.82) is 0 Å². The van der Waals surface area contributed by atoms with Crippen molar-refractivity contribution in [2.45, 2.75) is 6.54 Å². The molecule has 0 saturated carbocycles. The molecule has 6 rings (SSSR count). The number of aromatic amines is 1. The molecule has 3 aromatic carbocycles. The smallest absolute Gasteiger partial charge is 0.252 e. The Morgan fingerprint density at radius 3 is 2.60 bits per heavy atom. The van der Waals surface area contributed by atoms with Crippen LogP contribution < -0.4 is 5.32 Å². The predicted molar refractivity (Wildman–Crippen MR) is 101 cm³/mol. The van der Waals surface area contributed by atoms with E-state index in [1.54, 1.807) is 0 Å². The Hall–Kier alpha value is -3.27. The number of amides is 1. The highest BCUT2D eigenvalue weighted by molar-refractivity contribution is 6.30. The van der Waals surface area contributed by atoms with Gasteiger partial charge in [-0.2, -0.15) is 0 Å². The van der Waals surface area contributed by atoms with Crippen molar-refractivity contribution in [1.82, 2.24) is 14.9 Å². The van der Waals surface area contributed by atoms with Crippen molar-refractivity contribution in [3.05, 3.63) is 59.7 Å². The second kappa shape index (κ2) is 4.22. The van der Waals surface area contributed by atoms with Crippen LogP contribution in [-0.2, 0) is 13.6 Å². The number of nitrogens with zero attached hydrogens (tertiary/aromatic N) is 1. The molecule has 0 aliphatic carbocycles. The van der Waals surface area contributed by atoms with Gasteiger partial charge in [-0.05, 0) is 17.7 Å². The summed E-state index contributed by atoms with van der Waals surface area (Å²) in [6.45, 7) is 0.589. The predicted octanol–water partition coefficient (Wildman–Crippen LogP) is 4.21. The zero-order valence-corrected chi connectivity index (χ0v) is 13.7. The van der Waals surface area contributed by atoms with Crippen LogP contribution in [0, 0.1) is 0 Å². The number of H-pyrrole nitrogens is 1. The molecule has 0 bridgehead atoms. The van der Waals surface area contributed by atoms with Gasteiger partial charge >= 0.3 is 0 Å². The largest absolute Gasteiger partial charge is 0.353 e. The minimum Gasteiger partial charge on any atom is -0.353 e. The van der Waals surface area contributed by atoms with Gasteiger partial charge in [-0.1, -0.05) is 36.4 Å². The van der Waals surface area contributed by atoms with Crippen LogP contribution in [-0.4, -0.2) is 15.5 Å². The second-order valence-electron chi connectivity index (χ2n) is 6.76. The summed E-state index contributed by atoms with van der Waals surface area (Å²) in [5.74, 6) is 0.0311. The summed E-state index contributed by atoms with van der Waals surface area (Å²) in [6.07, 6.45) is 0. The first-order valence-electron chi connectivity index (χ1n) is 8.46. The Labute approximate surface area is 143 Å². The quantitative estimate of drug-likeness (QED) is 0.440. The van der Waals surface area contributed by atoms with Gasteiger partial charge in [0.25, 0.3) is 5.91 Å². The number of benzene rings is 3. The fraction of sp³-hybridized carbons (Fsp3) is 0.0952. The molecule has 120 valence electrons. The van der Waals surface area contributed by atoms with Crippen LogP contribution in [0.2, 0.25) is 0 Å². The van der Waals surface area contributed by atoms with Gasteiger partial charge < -0.3 is 14.9 Å². The van der Waals surface area contributed by atoms with Crippen LogP contribution in [0.4, 0.5) is 0 Å². The van der Waals surface area contributed by atoms with Crippen LogP contribution in [0.1, 0.15) is 15.9 Å². The highest BCUT2D eigenvalue weighted by Crippen LogP contribution is 2.42. The number of carbonyl (C=O) groups excluding carboxylic acids is 1. The lowest BCUT2D eigenvalue weighted by Crippen LogP contribution is -2.12. The number of aromatic nitrogens is 2. The van der Waals surface area contributed by atoms with Crippen molar-refractivity contribution in [2.75, 3.05) is 0 Å². The molecular formula is C21H15N3O. The highest BCUT2D eigenvalue weighted by Gasteiger charge is 2.29. The summed E-state index contributed by atoms with van der Waals surface area (Å²) >= 11 is 0. The van der Waals surface area contributed by atoms with Gasteiger partial charge in [0.15, 0.2) is 0 Å². The van der Waals surface area contributed by atoms with Crippen LogP contribution in [0.15, 0.2) is 48.5 Å². The third-order valence-corrected chi connectivity index (χ3v) is 5.56. The molecule has 25 heavy (non-hydrogen) atoms. The van der Waals surface area contributed by atoms with Crippen LogP contribution in [0.25, 0.3) is 43.6 Å². The first-order valence-corrected chi connectivity index (χ1v) is 8.46. The molecular weight excluding hydrogens is 310 g/mol. The summed E-state index contributed by atoms with van der Waals surface area (Å²) in [5, 5.41) is 7.57. The van der Waals surface area contributed by atoms with Crippen molar-refractivity contribution in [2.24, 2.45) is 7.05 Å². The fourth-order valence-corrected chi connectivity index (χ4v) is 4.53. The molecule has 0 saturated heterocycles. The number of fused-ring (bicyclic) bond motifs is 10. The molecule has 0 unspecified atom stereocenters. The van der Waals surface area contributed by atoms with E-state index in [0.717, 1.165) is 44.0 Å². The lowest BCUT2D eigenvalue weighted by molar-refractivity contribution is 0.0967. The number of hydrogen-bond acceptors (Lipinski definition) is 1. The molecule has 4 heteroatoms. The SMILES string of the molecule is Cn1c2ccccc2c2c3c(c4c5ccccc5[nH]c4c21)CNC3=O. The topological polar surface area (TPSA) is 49.8 Å². The second-order valence-corrected chi connectivity index (χ2v) is 6.76. The zero-order valence-electron chi connectivity index (χ0n) is 13.7. The van der Waals surface area contributed by atoms with Gasteiger partial charge in [0.2, 0.25) is 0 Å². The van der Waals surface area contributed by atoms with Gasteiger partial charge in [-0.3, -0.25) is 4.79 Å². The number of nitrogens with one attached hydrogen (secondary N) is 2. The Balaban J connectivity index is 2.04. The summed E-state index contributed by atoms with van der Waals surface area (Å²) in [5.41, 5.74) is 6.42. The molecule has 3 heterocycles. The molecule has 2 N–H and O–H groups in total. The molecule has 0 radical (unpaired) electrons. The van der Waals surface area contributed by atoms with Crippen molar-refractivity contribution in [3.63, 3.8) is 0 Å². The molecule has 0 spiro atoms. The van der Waals surface area contributed by atoms with E-state index in [4.69, 9.17) is 0 Å². The molecule has 1 aliphatic rings. The summed E-state index contributed by atoms with van der Waals surface area (Å²) in [6, 6.07) is 16.6. The molecule has 1 amide bonds. The molecule has 0 atom stereocenters. The van der Waals surface area contributed by atoms with Crippen molar-refractivity contribution < 1.29 is 4.79 Å². The lowest BCUT2D eigenvalue weighted by Gasteiger charge is -2.05. The number of rotatable bonds is 0. The van der Waals surface area contributed by atoms with E-state index < -0.39 is 0 Å². The van der Waals surface area contributed by atoms with Gasteiger partial charge in [0.1, 0.15) is 0 Å². The van der Waals surface area contributed by atoms with E-state index in [1.165, 1.54) is 10.8 Å². The summed E-state index contributed by atoms with van der Waals surface area (Å²) in [7, 11) is 2.08. The van der Waals surface area contributed by atoms with E-state index in [1.807, 2.05) is 18.2 Å². The van der Waals surface area contributed by atoms with Crippen LogP contribution in [0.3, 0.4) is 0 Å². The first-order chi connectivity index (χ1) is 12.3. The van der Waals surface area contributed by atoms with E-state index in [0.29, 0.717) is 6.54 Å². The lowest BCUT2D eigenvalue weighted by atomic mass is 9.97. The normalized spacial score (nSPS) is 14.0. The van der Waals surface area contributed by atoms with Gasteiger partial charge in [-0.15, -0.1) is 0 Å². The molecule has 0 fully saturated rings. The minimum atomic E-state index is 0.0311. The van der Waals surface area contributed by atoms with Crippen LogP contribution >= 0.6 is 0 Å². The van der Waals surface area contributed by atoms with E-state index in [9.17, 15) is 4.79 Å². The fourth-order valence-electron chi connectivity index (χ4n) is 4.53. The Morgan fingerprint density at radius 1 is 0.960 bits per heavy atom. The average molecular weight is 325 g/mol. The monoisotopic (exact) mass is 325 g/mol. The first kappa shape index (κ1) is 13.1. The molecule has 2 aromatic heterocycles. The third-order valence-electron chi connectivity index (χ3n) is 5.56. The number of hydrogen-bond donors (Lipinski definition) is 2. The van der Waals surface area contributed by atoms with Gasteiger partial charge in [0.05, 0.1) is 16.6 Å². The average Bonchev–Trinajstić information content (AvgIpc) is 3.28. The Morgan fingerprint density at radius 2 is 1.72 bits per heavy atom. The maximum Gasteiger partial charge on any atom is 0.252 e. The highest BCUT2D eigenvalue weighted by atomic mass is 16.1. The maximum atomic E-state index is 12.7. The summed E-state index contributed by atoms with van der Waals surface area (Å²) < 4.78 is 2.20. The van der Waals surface area contributed by atoms with Crippen molar-refractivity contribution >= 4 is 49.5 Å². The number of carbonyl (C=O) groups is 1. The standard InChI is InChI=1S/C21H15N3O/c1-24-15-9-5-3-7-12(15)17-18-13(10-22-21(18)25)16-11-6-2-4-8-14(11)23-19(16)20(17)24/h2-9,23H,10H2,1H3,(H,22,25). The molecule has 1 aliphatic heterocycles. The maximum absolute atomic E-state index is 12.7. The zero-order chi connectivity index (χ0) is 16.7. The third kappa shape index (κ3) is 1.41. The Kier molecular flexibility index (Phi) is 2.21. The van der Waals surface area contributed by atoms with E-state index in [2.05, 4.69) is 52.2 Å². The van der Waals surface area contributed by atoms with E-state index in [-0.39, 0.29) is 5.91 Å². The number of aryl methyl sites for hydroxylation is 1. The molecule has 5 aromatic rings. The Bertz CT molecular complexity index is 1370.